The van der Waals surface area contributed by atoms with Crippen LogP contribution in [0.5, 0.6) is 0 Å². The molecule has 0 bridgehead atoms. The summed E-state index contributed by atoms with van der Waals surface area (Å²) >= 11 is 0. The maximum atomic E-state index is 13.5. The lowest BCUT2D eigenvalue weighted by atomic mass is 10.2. The van der Waals surface area contributed by atoms with Crippen LogP contribution in [-0.2, 0) is 17.8 Å². The zero-order chi connectivity index (χ0) is 20.7. The van der Waals surface area contributed by atoms with E-state index in [1.807, 2.05) is 6.07 Å². The molecule has 0 spiro atoms. The van der Waals surface area contributed by atoms with E-state index in [-0.39, 0.29) is 24.6 Å². The first kappa shape index (κ1) is 21.3. The number of likely N-dealkylation sites (N-methyl/N-ethyl adjacent to an activating group) is 1. The quantitative estimate of drug-likeness (QED) is 0.444. The Labute approximate surface area is 161 Å². The van der Waals surface area contributed by atoms with Crippen molar-refractivity contribution in [3.8, 4) is 0 Å². The summed E-state index contributed by atoms with van der Waals surface area (Å²) in [6, 6.07) is 5.48. The van der Waals surface area contributed by atoms with Gasteiger partial charge in [-0.3, -0.25) is 4.79 Å². The van der Waals surface area contributed by atoms with Gasteiger partial charge in [0.25, 0.3) is 0 Å². The first-order chi connectivity index (χ1) is 13.3. The van der Waals surface area contributed by atoms with Gasteiger partial charge in [0.05, 0.1) is 6.26 Å². The van der Waals surface area contributed by atoms with Gasteiger partial charge in [-0.05, 0) is 29.8 Å². The number of hydrogen-bond acceptors (Lipinski definition) is 3. The number of carbonyl (C=O) groups excluding carboxylic acids is 1. The Bertz CT molecular complexity index is 800. The standard InChI is InChI=1S/C19H23F3N4O2/c1-25(2)17(27)11-24-19(23-7-6-14-5-4-8-28-14)26(3)12-13-9-15(20)18(22)16(21)10-13/h4-5,8-10H,6-7,11-12H2,1-3H3,(H,23,24). The van der Waals surface area contributed by atoms with Gasteiger partial charge < -0.3 is 19.5 Å². The Morgan fingerprint density at radius 3 is 2.43 bits per heavy atom. The highest BCUT2D eigenvalue weighted by atomic mass is 19.2. The van der Waals surface area contributed by atoms with Gasteiger partial charge in [0.2, 0.25) is 5.91 Å². The molecule has 152 valence electrons. The zero-order valence-corrected chi connectivity index (χ0v) is 16.0. The minimum Gasteiger partial charge on any atom is -0.469 e. The lowest BCUT2D eigenvalue weighted by Crippen LogP contribution is -2.40. The van der Waals surface area contributed by atoms with E-state index in [1.165, 1.54) is 4.90 Å². The fraction of sp³-hybridized carbons (Fsp3) is 0.368. The van der Waals surface area contributed by atoms with Crippen LogP contribution >= 0.6 is 0 Å². The largest absolute Gasteiger partial charge is 0.469 e. The van der Waals surface area contributed by atoms with E-state index in [4.69, 9.17) is 4.42 Å². The molecule has 0 unspecified atom stereocenters. The molecule has 1 heterocycles. The molecule has 0 aliphatic rings. The van der Waals surface area contributed by atoms with Crippen LogP contribution in [0.1, 0.15) is 11.3 Å². The van der Waals surface area contributed by atoms with Gasteiger partial charge in [-0.25, -0.2) is 18.2 Å². The number of furan rings is 1. The molecule has 1 aromatic carbocycles. The second kappa shape index (κ2) is 9.82. The predicted octanol–water partition coefficient (Wildman–Crippen LogP) is 2.41. The van der Waals surface area contributed by atoms with E-state index in [0.29, 0.717) is 18.9 Å². The molecule has 0 atom stereocenters. The Kier molecular flexibility index (Phi) is 7.48. The summed E-state index contributed by atoms with van der Waals surface area (Å²) < 4.78 is 45.3. The van der Waals surface area contributed by atoms with Crippen molar-refractivity contribution < 1.29 is 22.4 Å². The van der Waals surface area contributed by atoms with Crippen molar-refractivity contribution in [2.75, 3.05) is 34.2 Å². The van der Waals surface area contributed by atoms with Crippen molar-refractivity contribution >= 4 is 11.9 Å². The van der Waals surface area contributed by atoms with Crippen molar-refractivity contribution in [1.82, 2.24) is 15.1 Å². The molecule has 0 aliphatic heterocycles. The molecule has 1 amide bonds. The van der Waals surface area contributed by atoms with Crippen molar-refractivity contribution in [1.29, 1.82) is 0 Å². The molecule has 0 radical (unpaired) electrons. The summed E-state index contributed by atoms with van der Waals surface area (Å²) in [6.45, 7) is 0.447. The number of benzene rings is 1. The lowest BCUT2D eigenvalue weighted by molar-refractivity contribution is -0.127. The summed E-state index contributed by atoms with van der Waals surface area (Å²) in [5.74, 6) is -3.06. The fourth-order valence-electron chi connectivity index (χ4n) is 2.40. The number of aliphatic imine (C=N–C) groups is 1. The smallest absolute Gasteiger partial charge is 0.243 e. The molecular formula is C19H23F3N4O2. The average Bonchev–Trinajstić information content (AvgIpc) is 3.15. The molecule has 0 saturated heterocycles. The van der Waals surface area contributed by atoms with Crippen molar-refractivity contribution in [3.63, 3.8) is 0 Å². The van der Waals surface area contributed by atoms with Crippen molar-refractivity contribution in [3.05, 3.63) is 59.3 Å². The molecule has 2 rings (SSSR count). The summed E-state index contributed by atoms with van der Waals surface area (Å²) in [5.41, 5.74) is 0.235. The zero-order valence-electron chi connectivity index (χ0n) is 16.0. The van der Waals surface area contributed by atoms with Crippen LogP contribution < -0.4 is 5.32 Å². The van der Waals surface area contributed by atoms with E-state index in [0.717, 1.165) is 17.9 Å². The van der Waals surface area contributed by atoms with E-state index in [2.05, 4.69) is 10.3 Å². The molecule has 1 N–H and O–H groups in total. The van der Waals surface area contributed by atoms with Gasteiger partial charge >= 0.3 is 0 Å². The normalized spacial score (nSPS) is 11.4. The SMILES string of the molecule is CN(C)C(=O)CN=C(NCCc1ccco1)N(C)Cc1cc(F)c(F)c(F)c1. The molecule has 2 aromatic rings. The number of guanidine groups is 1. The average molecular weight is 396 g/mol. The highest BCUT2D eigenvalue weighted by Crippen LogP contribution is 2.15. The van der Waals surface area contributed by atoms with Crippen LogP contribution in [0.3, 0.4) is 0 Å². The number of nitrogens with one attached hydrogen (secondary N) is 1. The molecule has 0 fully saturated rings. The molecule has 28 heavy (non-hydrogen) atoms. The van der Waals surface area contributed by atoms with Crippen LogP contribution in [0.25, 0.3) is 0 Å². The highest BCUT2D eigenvalue weighted by Gasteiger charge is 2.14. The number of nitrogens with zero attached hydrogens (tertiary/aromatic N) is 3. The van der Waals surface area contributed by atoms with Crippen molar-refractivity contribution in [2.45, 2.75) is 13.0 Å². The van der Waals surface area contributed by atoms with Crippen LogP contribution in [0.15, 0.2) is 39.9 Å². The molecular weight excluding hydrogens is 373 g/mol. The third kappa shape index (κ3) is 6.04. The van der Waals surface area contributed by atoms with Gasteiger partial charge in [-0.15, -0.1) is 0 Å². The van der Waals surface area contributed by atoms with Crippen LogP contribution in [-0.4, -0.2) is 55.9 Å². The van der Waals surface area contributed by atoms with Gasteiger partial charge in [0, 0.05) is 40.7 Å². The number of halogens is 3. The van der Waals surface area contributed by atoms with Crippen LogP contribution in [0.4, 0.5) is 13.2 Å². The van der Waals surface area contributed by atoms with Gasteiger partial charge in [0.15, 0.2) is 23.4 Å². The summed E-state index contributed by atoms with van der Waals surface area (Å²) in [4.78, 5) is 19.1. The number of carbonyl (C=O) groups is 1. The predicted molar refractivity (Wildman–Crippen MR) is 99.2 cm³/mol. The Morgan fingerprint density at radius 2 is 1.86 bits per heavy atom. The Morgan fingerprint density at radius 1 is 1.18 bits per heavy atom. The molecule has 1 aromatic heterocycles. The Balaban J connectivity index is 2.09. The second-order valence-corrected chi connectivity index (χ2v) is 6.41. The van der Waals surface area contributed by atoms with E-state index < -0.39 is 17.5 Å². The van der Waals surface area contributed by atoms with E-state index in [9.17, 15) is 18.0 Å². The van der Waals surface area contributed by atoms with Gasteiger partial charge in [0.1, 0.15) is 12.3 Å². The number of rotatable bonds is 7. The fourth-order valence-corrected chi connectivity index (χ4v) is 2.40. The molecule has 6 nitrogen and oxygen atoms in total. The van der Waals surface area contributed by atoms with Gasteiger partial charge in [-0.1, -0.05) is 0 Å². The second-order valence-electron chi connectivity index (χ2n) is 6.41. The van der Waals surface area contributed by atoms with E-state index in [1.54, 1.807) is 38.4 Å². The summed E-state index contributed by atoms with van der Waals surface area (Å²) in [7, 11) is 4.89. The monoisotopic (exact) mass is 396 g/mol. The summed E-state index contributed by atoms with van der Waals surface area (Å²) in [6.07, 6.45) is 2.16. The van der Waals surface area contributed by atoms with Gasteiger partial charge in [-0.2, -0.15) is 0 Å². The Hall–Kier alpha value is -2.97. The molecule has 0 aliphatic carbocycles. The maximum absolute atomic E-state index is 13.5. The van der Waals surface area contributed by atoms with Crippen molar-refractivity contribution in [2.24, 2.45) is 4.99 Å². The minimum atomic E-state index is -1.51. The topological polar surface area (TPSA) is 61.1 Å². The number of hydrogen-bond donors (Lipinski definition) is 1. The minimum absolute atomic E-state index is 0.0663. The van der Waals surface area contributed by atoms with E-state index >= 15 is 0 Å². The van der Waals surface area contributed by atoms with Crippen LogP contribution in [0, 0.1) is 17.5 Å². The first-order valence-electron chi connectivity index (χ1n) is 8.63. The third-order valence-electron chi connectivity index (χ3n) is 3.92. The third-order valence-corrected chi connectivity index (χ3v) is 3.92. The summed E-state index contributed by atoms with van der Waals surface area (Å²) in [5, 5.41) is 3.10. The first-order valence-corrected chi connectivity index (χ1v) is 8.63. The number of amides is 1. The molecule has 9 heteroatoms. The molecule has 0 saturated carbocycles. The maximum Gasteiger partial charge on any atom is 0.243 e. The van der Waals surface area contributed by atoms with Crippen LogP contribution in [0.2, 0.25) is 0 Å². The lowest BCUT2D eigenvalue weighted by Gasteiger charge is -2.23. The highest BCUT2D eigenvalue weighted by molar-refractivity contribution is 5.84.